The molecule has 1 aromatic heterocycles. The number of benzene rings is 2. The van der Waals surface area contributed by atoms with Gasteiger partial charge in [-0.3, -0.25) is 4.79 Å². The molecule has 126 valence electrons. The van der Waals surface area contributed by atoms with Crippen molar-refractivity contribution in [3.63, 3.8) is 0 Å². The molecule has 0 aliphatic heterocycles. The Hall–Kier alpha value is -3.41. The van der Waals surface area contributed by atoms with Gasteiger partial charge in [0.2, 0.25) is 5.91 Å². The van der Waals surface area contributed by atoms with Crippen molar-refractivity contribution in [3.05, 3.63) is 72.6 Å². The number of nitrogens with zero attached hydrogens (tertiary/aromatic N) is 2. The third kappa shape index (κ3) is 4.78. The van der Waals surface area contributed by atoms with Crippen molar-refractivity contribution in [2.24, 2.45) is 0 Å². The smallest absolute Gasteiger partial charge is 0.321 e. The summed E-state index contributed by atoms with van der Waals surface area (Å²) in [6.45, 7) is 0. The van der Waals surface area contributed by atoms with Crippen LogP contribution in [0.2, 0.25) is 0 Å². The highest BCUT2D eigenvalue weighted by atomic mass is 16.5. The quantitative estimate of drug-likeness (QED) is 0.747. The van der Waals surface area contributed by atoms with E-state index in [2.05, 4.69) is 15.3 Å². The van der Waals surface area contributed by atoms with Crippen LogP contribution in [0.15, 0.2) is 67.0 Å². The number of amides is 1. The molecule has 1 heterocycles. The summed E-state index contributed by atoms with van der Waals surface area (Å²) in [4.78, 5) is 20.1. The van der Waals surface area contributed by atoms with Crippen molar-refractivity contribution in [2.45, 2.75) is 6.42 Å². The van der Waals surface area contributed by atoms with E-state index in [0.29, 0.717) is 11.4 Å². The number of hydrogen-bond donors (Lipinski definition) is 1. The van der Waals surface area contributed by atoms with Gasteiger partial charge < -0.3 is 14.8 Å². The fraction of sp³-hybridized carbons (Fsp3) is 0.105. The van der Waals surface area contributed by atoms with Gasteiger partial charge in [0.05, 0.1) is 13.5 Å². The Bertz CT molecular complexity index is 836. The third-order valence-electron chi connectivity index (χ3n) is 3.39. The zero-order chi connectivity index (χ0) is 17.5. The van der Waals surface area contributed by atoms with Crippen LogP contribution in [0.25, 0.3) is 0 Å². The zero-order valence-corrected chi connectivity index (χ0v) is 13.7. The Morgan fingerprint density at radius 3 is 2.48 bits per heavy atom. The second-order valence-corrected chi connectivity index (χ2v) is 5.23. The third-order valence-corrected chi connectivity index (χ3v) is 3.39. The first-order valence-electron chi connectivity index (χ1n) is 7.70. The molecule has 0 spiro atoms. The molecule has 6 nitrogen and oxygen atoms in total. The van der Waals surface area contributed by atoms with E-state index in [1.165, 1.54) is 0 Å². The van der Waals surface area contributed by atoms with Crippen LogP contribution < -0.4 is 14.8 Å². The summed E-state index contributed by atoms with van der Waals surface area (Å²) in [7, 11) is 1.60. The molecule has 3 aromatic rings. The van der Waals surface area contributed by atoms with Gasteiger partial charge in [0, 0.05) is 18.1 Å². The molecule has 0 saturated carbocycles. The zero-order valence-electron chi connectivity index (χ0n) is 13.7. The monoisotopic (exact) mass is 335 g/mol. The highest BCUT2D eigenvalue weighted by Gasteiger charge is 2.06. The number of ether oxygens (including phenoxy) is 2. The number of carbonyl (C=O) groups is 1. The fourth-order valence-corrected chi connectivity index (χ4v) is 2.22. The van der Waals surface area contributed by atoms with E-state index < -0.39 is 0 Å². The molecule has 2 aromatic carbocycles. The van der Waals surface area contributed by atoms with Crippen molar-refractivity contribution in [1.82, 2.24) is 9.97 Å². The molecule has 6 heteroatoms. The van der Waals surface area contributed by atoms with E-state index in [0.717, 1.165) is 11.3 Å². The molecule has 0 fully saturated rings. The maximum atomic E-state index is 12.2. The molecule has 1 amide bonds. The summed E-state index contributed by atoms with van der Waals surface area (Å²) in [6, 6.07) is 16.5. The lowest BCUT2D eigenvalue weighted by atomic mass is 10.1. The number of carbonyl (C=O) groups excluding carboxylic acids is 1. The average Bonchev–Trinajstić information content (AvgIpc) is 2.64. The van der Waals surface area contributed by atoms with E-state index in [-0.39, 0.29) is 18.3 Å². The molecule has 0 aliphatic rings. The van der Waals surface area contributed by atoms with Crippen LogP contribution in [0.1, 0.15) is 5.56 Å². The Morgan fingerprint density at radius 1 is 1.00 bits per heavy atom. The Balaban J connectivity index is 1.58. The number of methoxy groups -OCH3 is 1. The minimum Gasteiger partial charge on any atom is -0.497 e. The van der Waals surface area contributed by atoms with Crippen LogP contribution >= 0.6 is 0 Å². The van der Waals surface area contributed by atoms with Gasteiger partial charge >= 0.3 is 6.01 Å². The lowest BCUT2D eigenvalue weighted by Gasteiger charge is -2.08. The van der Waals surface area contributed by atoms with Gasteiger partial charge in [0.25, 0.3) is 0 Å². The Morgan fingerprint density at radius 2 is 1.76 bits per heavy atom. The predicted molar refractivity (Wildman–Crippen MR) is 93.9 cm³/mol. The van der Waals surface area contributed by atoms with Crippen molar-refractivity contribution in [1.29, 1.82) is 0 Å². The molecular weight excluding hydrogens is 318 g/mol. The first-order valence-corrected chi connectivity index (χ1v) is 7.70. The first-order chi connectivity index (χ1) is 12.2. The lowest BCUT2D eigenvalue weighted by Crippen LogP contribution is -2.14. The highest BCUT2D eigenvalue weighted by molar-refractivity contribution is 5.92. The van der Waals surface area contributed by atoms with Gasteiger partial charge in [-0.15, -0.1) is 0 Å². The summed E-state index contributed by atoms with van der Waals surface area (Å²) in [5.74, 6) is 1.22. The van der Waals surface area contributed by atoms with Gasteiger partial charge in [-0.05, 0) is 48.0 Å². The Kier molecular flexibility index (Phi) is 5.21. The van der Waals surface area contributed by atoms with Gasteiger partial charge in [-0.1, -0.05) is 12.1 Å². The number of nitrogens with one attached hydrogen (secondary N) is 1. The molecule has 0 bridgehead atoms. The highest BCUT2D eigenvalue weighted by Crippen LogP contribution is 2.20. The van der Waals surface area contributed by atoms with Crippen LogP contribution in [0.4, 0.5) is 5.69 Å². The van der Waals surface area contributed by atoms with Gasteiger partial charge in [0.15, 0.2) is 0 Å². The van der Waals surface area contributed by atoms with Crippen LogP contribution in [-0.4, -0.2) is 23.0 Å². The lowest BCUT2D eigenvalue weighted by molar-refractivity contribution is -0.115. The number of hydrogen-bond acceptors (Lipinski definition) is 5. The predicted octanol–water partition coefficient (Wildman–Crippen LogP) is 3.46. The van der Waals surface area contributed by atoms with Crippen LogP contribution in [0.5, 0.6) is 17.5 Å². The van der Waals surface area contributed by atoms with Crippen LogP contribution in [0, 0.1) is 0 Å². The van der Waals surface area contributed by atoms with E-state index in [1.54, 1.807) is 49.8 Å². The van der Waals surface area contributed by atoms with Crippen LogP contribution in [-0.2, 0) is 11.2 Å². The summed E-state index contributed by atoms with van der Waals surface area (Å²) in [6.07, 6.45) is 3.48. The molecule has 0 aliphatic carbocycles. The average molecular weight is 335 g/mol. The summed E-state index contributed by atoms with van der Waals surface area (Å²) < 4.78 is 10.7. The molecule has 0 radical (unpaired) electrons. The van der Waals surface area contributed by atoms with Gasteiger partial charge in [0.1, 0.15) is 11.5 Å². The molecule has 25 heavy (non-hydrogen) atoms. The maximum Gasteiger partial charge on any atom is 0.321 e. The normalized spacial score (nSPS) is 10.1. The van der Waals surface area contributed by atoms with E-state index in [4.69, 9.17) is 9.47 Å². The maximum absolute atomic E-state index is 12.2. The first kappa shape index (κ1) is 16.4. The van der Waals surface area contributed by atoms with Crippen molar-refractivity contribution in [2.75, 3.05) is 12.4 Å². The Labute approximate surface area is 145 Å². The number of aromatic nitrogens is 2. The van der Waals surface area contributed by atoms with Gasteiger partial charge in [-0.25, -0.2) is 9.97 Å². The minimum absolute atomic E-state index is 0.103. The van der Waals surface area contributed by atoms with Gasteiger partial charge in [-0.2, -0.15) is 0 Å². The minimum atomic E-state index is -0.103. The van der Waals surface area contributed by atoms with Crippen molar-refractivity contribution < 1.29 is 14.3 Å². The van der Waals surface area contributed by atoms with Crippen LogP contribution in [0.3, 0.4) is 0 Å². The van der Waals surface area contributed by atoms with E-state index in [1.807, 2.05) is 24.3 Å². The number of anilines is 1. The number of rotatable bonds is 6. The van der Waals surface area contributed by atoms with E-state index >= 15 is 0 Å². The topological polar surface area (TPSA) is 73.3 Å². The van der Waals surface area contributed by atoms with Crippen molar-refractivity contribution >= 4 is 11.6 Å². The second kappa shape index (κ2) is 7.92. The molecule has 0 atom stereocenters. The SMILES string of the molecule is COc1cccc(CC(=O)Nc2ccc(Oc3ncccn3)cc2)c1. The standard InChI is InChI=1S/C19H17N3O3/c1-24-17-5-2-4-14(12-17)13-18(23)22-15-6-8-16(9-7-15)25-19-20-10-3-11-21-19/h2-12H,13H2,1H3,(H,22,23). The largest absolute Gasteiger partial charge is 0.497 e. The molecule has 0 unspecified atom stereocenters. The summed E-state index contributed by atoms with van der Waals surface area (Å²) in [5, 5.41) is 2.85. The summed E-state index contributed by atoms with van der Waals surface area (Å²) in [5.41, 5.74) is 1.58. The fourth-order valence-electron chi connectivity index (χ4n) is 2.22. The van der Waals surface area contributed by atoms with E-state index in [9.17, 15) is 4.79 Å². The molecule has 1 N–H and O–H groups in total. The van der Waals surface area contributed by atoms with Crippen molar-refractivity contribution in [3.8, 4) is 17.5 Å². The second-order valence-electron chi connectivity index (χ2n) is 5.23. The molecule has 0 saturated heterocycles. The summed E-state index contributed by atoms with van der Waals surface area (Å²) >= 11 is 0. The molecule has 3 rings (SSSR count). The molecular formula is C19H17N3O3.